The molecule has 2 nitrogen and oxygen atoms in total. The number of rotatable bonds is 2. The highest BCUT2D eigenvalue weighted by Gasteiger charge is 1.95. The standard InChI is InChI=1S/C9H13NO/c1-3-10(2)8-4-6-9(11)7-5-8/h4-7,11H,3H2,1-2H3. The summed E-state index contributed by atoms with van der Waals surface area (Å²) in [5.41, 5.74) is 1.13. The first kappa shape index (κ1) is 7.92. The average Bonchev–Trinajstić information content (AvgIpc) is 2.05. The third-order valence-electron chi connectivity index (χ3n) is 1.76. The summed E-state index contributed by atoms with van der Waals surface area (Å²) in [7, 11) is 2.02. The number of hydrogen-bond donors (Lipinski definition) is 1. The van der Waals surface area contributed by atoms with Crippen molar-refractivity contribution in [2.45, 2.75) is 6.92 Å². The van der Waals surface area contributed by atoms with Gasteiger partial charge in [0.2, 0.25) is 0 Å². The van der Waals surface area contributed by atoms with Crippen molar-refractivity contribution in [3.63, 3.8) is 0 Å². The molecule has 0 saturated carbocycles. The Balaban J connectivity index is 2.81. The maximum absolute atomic E-state index is 8.99. The van der Waals surface area contributed by atoms with Crippen molar-refractivity contribution in [1.29, 1.82) is 0 Å². The van der Waals surface area contributed by atoms with Crippen LogP contribution in [0.3, 0.4) is 0 Å². The van der Waals surface area contributed by atoms with E-state index in [0.29, 0.717) is 5.75 Å². The second-order valence-corrected chi connectivity index (χ2v) is 2.53. The van der Waals surface area contributed by atoms with E-state index in [-0.39, 0.29) is 0 Å². The summed E-state index contributed by atoms with van der Waals surface area (Å²) in [6.07, 6.45) is 0. The molecule has 0 amide bonds. The Hall–Kier alpha value is -1.18. The van der Waals surface area contributed by atoms with Crippen molar-refractivity contribution < 1.29 is 5.11 Å². The van der Waals surface area contributed by atoms with Crippen molar-refractivity contribution in [3.05, 3.63) is 24.3 Å². The first-order chi connectivity index (χ1) is 5.24. The molecule has 0 fully saturated rings. The highest BCUT2D eigenvalue weighted by atomic mass is 16.3. The number of phenolic OH excluding ortho intramolecular Hbond substituents is 1. The van der Waals surface area contributed by atoms with Gasteiger partial charge in [0.25, 0.3) is 0 Å². The molecule has 0 aliphatic rings. The lowest BCUT2D eigenvalue weighted by molar-refractivity contribution is 0.475. The number of nitrogens with zero attached hydrogens (tertiary/aromatic N) is 1. The van der Waals surface area contributed by atoms with Gasteiger partial charge in [-0.25, -0.2) is 0 Å². The lowest BCUT2D eigenvalue weighted by Gasteiger charge is -2.16. The van der Waals surface area contributed by atoms with Crippen LogP contribution in [0.25, 0.3) is 0 Å². The average molecular weight is 151 g/mol. The molecule has 2 heteroatoms. The van der Waals surface area contributed by atoms with Crippen LogP contribution in [-0.2, 0) is 0 Å². The van der Waals surface area contributed by atoms with Gasteiger partial charge in [-0.15, -0.1) is 0 Å². The van der Waals surface area contributed by atoms with Gasteiger partial charge in [-0.3, -0.25) is 0 Å². The number of phenols is 1. The van der Waals surface area contributed by atoms with E-state index < -0.39 is 0 Å². The quantitative estimate of drug-likeness (QED) is 0.697. The molecule has 1 aromatic carbocycles. The molecule has 0 bridgehead atoms. The first-order valence-electron chi connectivity index (χ1n) is 3.74. The van der Waals surface area contributed by atoms with Crippen LogP contribution in [0.5, 0.6) is 5.75 Å². The molecule has 0 aromatic heterocycles. The molecular formula is C9H13NO. The van der Waals surface area contributed by atoms with E-state index in [0.717, 1.165) is 12.2 Å². The van der Waals surface area contributed by atoms with E-state index in [2.05, 4.69) is 11.8 Å². The van der Waals surface area contributed by atoms with Gasteiger partial charge in [-0.05, 0) is 31.2 Å². The molecule has 0 aliphatic heterocycles. The van der Waals surface area contributed by atoms with E-state index in [1.165, 1.54) is 0 Å². The van der Waals surface area contributed by atoms with Crippen LogP contribution >= 0.6 is 0 Å². The third-order valence-corrected chi connectivity index (χ3v) is 1.76. The molecule has 0 aliphatic carbocycles. The van der Waals surface area contributed by atoms with Gasteiger partial charge in [0.1, 0.15) is 5.75 Å². The first-order valence-corrected chi connectivity index (χ1v) is 3.74. The number of hydrogen-bond acceptors (Lipinski definition) is 2. The maximum atomic E-state index is 8.99. The van der Waals surface area contributed by atoms with Gasteiger partial charge in [0.05, 0.1) is 0 Å². The fourth-order valence-electron chi connectivity index (χ4n) is 0.890. The molecule has 1 aromatic rings. The molecular weight excluding hydrogens is 138 g/mol. The zero-order valence-corrected chi connectivity index (χ0v) is 6.91. The van der Waals surface area contributed by atoms with Gasteiger partial charge >= 0.3 is 0 Å². The normalized spacial score (nSPS) is 9.64. The van der Waals surface area contributed by atoms with E-state index in [1.807, 2.05) is 19.2 Å². The van der Waals surface area contributed by atoms with Crippen molar-refractivity contribution >= 4 is 5.69 Å². The van der Waals surface area contributed by atoms with Crippen LogP contribution in [0.2, 0.25) is 0 Å². The maximum Gasteiger partial charge on any atom is 0.115 e. The van der Waals surface area contributed by atoms with E-state index in [9.17, 15) is 0 Å². The fourth-order valence-corrected chi connectivity index (χ4v) is 0.890. The Morgan fingerprint density at radius 3 is 2.27 bits per heavy atom. The summed E-state index contributed by atoms with van der Waals surface area (Å²) in [5.74, 6) is 0.318. The fraction of sp³-hybridized carbons (Fsp3) is 0.333. The van der Waals surface area contributed by atoms with Crippen molar-refractivity contribution in [3.8, 4) is 5.75 Å². The minimum Gasteiger partial charge on any atom is -0.508 e. The van der Waals surface area contributed by atoms with Gasteiger partial charge in [-0.1, -0.05) is 0 Å². The lowest BCUT2D eigenvalue weighted by Crippen LogP contribution is -2.15. The van der Waals surface area contributed by atoms with Crippen LogP contribution in [-0.4, -0.2) is 18.7 Å². The van der Waals surface area contributed by atoms with Crippen molar-refractivity contribution in [2.75, 3.05) is 18.5 Å². The summed E-state index contributed by atoms with van der Waals surface area (Å²) in [4.78, 5) is 2.11. The molecule has 0 radical (unpaired) electrons. The highest BCUT2D eigenvalue weighted by Crippen LogP contribution is 2.16. The van der Waals surface area contributed by atoms with E-state index in [1.54, 1.807) is 12.1 Å². The van der Waals surface area contributed by atoms with E-state index >= 15 is 0 Å². The second kappa shape index (κ2) is 3.28. The number of anilines is 1. The predicted octanol–water partition coefficient (Wildman–Crippen LogP) is 1.85. The smallest absolute Gasteiger partial charge is 0.115 e. The number of aromatic hydroxyl groups is 1. The molecule has 0 atom stereocenters. The summed E-state index contributed by atoms with van der Waals surface area (Å²) in [6.45, 7) is 3.07. The molecule has 1 N–H and O–H groups in total. The highest BCUT2D eigenvalue weighted by molar-refractivity contribution is 5.47. The molecule has 0 saturated heterocycles. The minimum atomic E-state index is 0.318. The van der Waals surface area contributed by atoms with Gasteiger partial charge in [0, 0.05) is 19.3 Å². The molecule has 1 rings (SSSR count). The second-order valence-electron chi connectivity index (χ2n) is 2.53. The van der Waals surface area contributed by atoms with Crippen molar-refractivity contribution in [2.24, 2.45) is 0 Å². The summed E-state index contributed by atoms with van der Waals surface area (Å²) >= 11 is 0. The summed E-state index contributed by atoms with van der Waals surface area (Å²) in [5, 5.41) is 8.99. The van der Waals surface area contributed by atoms with Crippen molar-refractivity contribution in [1.82, 2.24) is 0 Å². The van der Waals surface area contributed by atoms with Gasteiger partial charge in [0.15, 0.2) is 0 Å². The van der Waals surface area contributed by atoms with Crippen LogP contribution in [0.4, 0.5) is 5.69 Å². The monoisotopic (exact) mass is 151 g/mol. The third kappa shape index (κ3) is 1.87. The largest absolute Gasteiger partial charge is 0.508 e. The Bertz CT molecular complexity index is 218. The predicted molar refractivity (Wildman–Crippen MR) is 47.1 cm³/mol. The minimum absolute atomic E-state index is 0.318. The summed E-state index contributed by atoms with van der Waals surface area (Å²) in [6, 6.07) is 7.20. The molecule has 60 valence electrons. The lowest BCUT2D eigenvalue weighted by atomic mass is 10.3. The van der Waals surface area contributed by atoms with Crippen LogP contribution in [0.15, 0.2) is 24.3 Å². The Morgan fingerprint density at radius 1 is 1.27 bits per heavy atom. The SMILES string of the molecule is CCN(C)c1ccc(O)cc1. The Kier molecular flexibility index (Phi) is 2.36. The molecule has 0 unspecified atom stereocenters. The Labute approximate surface area is 67.1 Å². The number of benzene rings is 1. The van der Waals surface area contributed by atoms with E-state index in [4.69, 9.17) is 5.11 Å². The zero-order chi connectivity index (χ0) is 8.27. The van der Waals surface area contributed by atoms with Gasteiger partial charge < -0.3 is 10.0 Å². The molecule has 0 heterocycles. The topological polar surface area (TPSA) is 23.5 Å². The van der Waals surface area contributed by atoms with Crippen LogP contribution in [0.1, 0.15) is 6.92 Å². The van der Waals surface area contributed by atoms with Crippen LogP contribution < -0.4 is 4.90 Å². The molecule has 0 spiro atoms. The zero-order valence-electron chi connectivity index (χ0n) is 6.91. The Morgan fingerprint density at radius 2 is 1.82 bits per heavy atom. The van der Waals surface area contributed by atoms with Crippen LogP contribution in [0, 0.1) is 0 Å². The van der Waals surface area contributed by atoms with Gasteiger partial charge in [-0.2, -0.15) is 0 Å². The molecule has 11 heavy (non-hydrogen) atoms. The summed E-state index contributed by atoms with van der Waals surface area (Å²) < 4.78 is 0.